The van der Waals surface area contributed by atoms with Crippen molar-refractivity contribution < 1.29 is 13.9 Å². The monoisotopic (exact) mass is 460 g/mol. The molecular weight excluding hydrogens is 447 g/mol. The Morgan fingerprint density at radius 3 is 2.77 bits per heavy atom. The first-order chi connectivity index (χ1) is 14.5. The van der Waals surface area contributed by atoms with Crippen molar-refractivity contribution in [3.05, 3.63) is 75.2 Å². The predicted molar refractivity (Wildman–Crippen MR) is 118 cm³/mol. The summed E-state index contributed by atoms with van der Waals surface area (Å²) < 4.78 is 11.8. The standard InChI is InChI=1S/C21H14Cl2N2O4S/c1-28-19(26)11-30-21-24-16(10-25(21)17-7-6-13(22)9-15(17)23)14-8-12-4-2-3-5-18(12)29-20(14)27/h2-10H,11H2,1H3. The molecule has 0 aliphatic carbocycles. The third-order valence-electron chi connectivity index (χ3n) is 4.31. The Hall–Kier alpha value is -2.74. The van der Waals surface area contributed by atoms with Crippen LogP contribution in [0.4, 0.5) is 0 Å². The van der Waals surface area contributed by atoms with Crippen molar-refractivity contribution in [3.63, 3.8) is 0 Å². The molecule has 0 N–H and O–H groups in total. The number of hydrogen-bond acceptors (Lipinski definition) is 6. The van der Waals surface area contributed by atoms with Gasteiger partial charge in [0.25, 0.3) is 0 Å². The van der Waals surface area contributed by atoms with Crippen LogP contribution >= 0.6 is 35.0 Å². The van der Waals surface area contributed by atoms with Gasteiger partial charge in [-0.05, 0) is 30.3 Å². The molecule has 0 bridgehead atoms. The summed E-state index contributed by atoms with van der Waals surface area (Å²) in [6.45, 7) is 0. The number of nitrogens with zero attached hydrogens (tertiary/aromatic N) is 2. The highest BCUT2D eigenvalue weighted by molar-refractivity contribution is 7.99. The normalized spacial score (nSPS) is 11.0. The third-order valence-corrected chi connectivity index (χ3v) is 5.77. The van der Waals surface area contributed by atoms with Crippen molar-refractivity contribution >= 4 is 51.9 Å². The number of ether oxygens (including phenoxy) is 1. The zero-order chi connectivity index (χ0) is 21.3. The fourth-order valence-corrected chi connectivity index (χ4v) is 4.18. The number of aromatic nitrogens is 2. The summed E-state index contributed by atoms with van der Waals surface area (Å²) >= 11 is 13.6. The maximum Gasteiger partial charge on any atom is 0.345 e. The molecule has 0 amide bonds. The van der Waals surface area contributed by atoms with Gasteiger partial charge in [-0.15, -0.1) is 0 Å². The number of carbonyl (C=O) groups is 1. The molecule has 0 radical (unpaired) electrons. The van der Waals surface area contributed by atoms with E-state index in [0.29, 0.717) is 37.7 Å². The number of thioether (sulfide) groups is 1. The Labute approximate surface area is 185 Å². The molecule has 0 saturated heterocycles. The van der Waals surface area contributed by atoms with Gasteiger partial charge in [0.15, 0.2) is 5.16 Å². The molecule has 0 aliphatic rings. The molecule has 0 unspecified atom stereocenters. The van der Waals surface area contributed by atoms with E-state index in [2.05, 4.69) is 4.98 Å². The van der Waals surface area contributed by atoms with Gasteiger partial charge in [-0.25, -0.2) is 9.78 Å². The van der Waals surface area contributed by atoms with Crippen LogP contribution in [0.25, 0.3) is 27.9 Å². The maximum atomic E-state index is 12.6. The van der Waals surface area contributed by atoms with Crippen molar-refractivity contribution in [2.45, 2.75) is 5.16 Å². The number of carbonyl (C=O) groups excluding carboxylic acids is 1. The Kier molecular flexibility index (Phi) is 5.85. The van der Waals surface area contributed by atoms with Crippen molar-refractivity contribution in [1.29, 1.82) is 0 Å². The van der Waals surface area contributed by atoms with Crippen molar-refractivity contribution in [1.82, 2.24) is 9.55 Å². The number of benzene rings is 2. The zero-order valence-electron chi connectivity index (χ0n) is 15.6. The van der Waals surface area contributed by atoms with Crippen molar-refractivity contribution in [3.8, 4) is 16.9 Å². The molecule has 0 spiro atoms. The summed E-state index contributed by atoms with van der Waals surface area (Å²) in [6.07, 6.45) is 1.68. The molecule has 0 saturated carbocycles. The van der Waals surface area contributed by atoms with E-state index in [1.165, 1.54) is 18.9 Å². The fourth-order valence-electron chi connectivity index (χ4n) is 2.87. The minimum absolute atomic E-state index is 0.0461. The van der Waals surface area contributed by atoms with E-state index < -0.39 is 11.6 Å². The van der Waals surface area contributed by atoms with E-state index in [1.807, 2.05) is 12.1 Å². The van der Waals surface area contributed by atoms with Crippen LogP contribution < -0.4 is 5.63 Å². The highest BCUT2D eigenvalue weighted by Crippen LogP contribution is 2.31. The van der Waals surface area contributed by atoms with Crippen LogP contribution in [0.3, 0.4) is 0 Å². The second-order valence-corrected chi connectivity index (χ2v) is 8.01. The van der Waals surface area contributed by atoms with Crippen LogP contribution in [0.1, 0.15) is 0 Å². The quantitative estimate of drug-likeness (QED) is 0.231. The average molecular weight is 461 g/mol. The first-order valence-electron chi connectivity index (χ1n) is 8.74. The molecule has 0 aliphatic heterocycles. The van der Waals surface area contributed by atoms with Gasteiger partial charge in [-0.3, -0.25) is 9.36 Å². The Bertz CT molecular complexity index is 1320. The summed E-state index contributed by atoms with van der Waals surface area (Å²) in [7, 11) is 1.32. The number of fused-ring (bicyclic) bond motifs is 1. The van der Waals surface area contributed by atoms with Crippen LogP contribution in [-0.2, 0) is 9.53 Å². The lowest BCUT2D eigenvalue weighted by atomic mass is 10.1. The summed E-state index contributed by atoms with van der Waals surface area (Å²) in [5, 5.41) is 2.13. The molecular formula is C21H14Cl2N2O4S. The van der Waals surface area contributed by atoms with Crippen LogP contribution in [0.5, 0.6) is 0 Å². The summed E-state index contributed by atoms with van der Waals surface area (Å²) in [4.78, 5) is 28.8. The topological polar surface area (TPSA) is 74.3 Å². The van der Waals surface area contributed by atoms with Crippen LogP contribution in [0.15, 0.2) is 69.1 Å². The zero-order valence-corrected chi connectivity index (χ0v) is 17.9. The fraction of sp³-hybridized carbons (Fsp3) is 0.0952. The number of halogens is 2. The Morgan fingerprint density at radius 1 is 1.20 bits per heavy atom. The Balaban J connectivity index is 1.85. The molecule has 2 aromatic carbocycles. The molecule has 4 aromatic rings. The van der Waals surface area contributed by atoms with Gasteiger partial charge in [0.2, 0.25) is 0 Å². The number of para-hydroxylation sites is 1. The lowest BCUT2D eigenvalue weighted by Gasteiger charge is -2.09. The van der Waals surface area contributed by atoms with Crippen LogP contribution in [0.2, 0.25) is 10.0 Å². The second kappa shape index (κ2) is 8.55. The Morgan fingerprint density at radius 2 is 2.00 bits per heavy atom. The number of imidazole rings is 1. The highest BCUT2D eigenvalue weighted by Gasteiger charge is 2.18. The summed E-state index contributed by atoms with van der Waals surface area (Å²) in [6, 6.07) is 14.0. The molecule has 2 heterocycles. The van der Waals surface area contributed by atoms with E-state index >= 15 is 0 Å². The second-order valence-electron chi connectivity index (χ2n) is 6.22. The minimum atomic E-state index is -0.509. The van der Waals surface area contributed by atoms with Crippen LogP contribution in [0, 0.1) is 0 Å². The number of methoxy groups -OCH3 is 1. The third kappa shape index (κ3) is 4.09. The van der Waals surface area contributed by atoms with Gasteiger partial charge < -0.3 is 9.15 Å². The predicted octanol–water partition coefficient (Wildman–Crippen LogP) is 5.22. The number of hydrogen-bond donors (Lipinski definition) is 0. The maximum absolute atomic E-state index is 12.6. The SMILES string of the molecule is COC(=O)CSc1nc(-c2cc3ccccc3oc2=O)cn1-c1ccc(Cl)cc1Cl. The van der Waals surface area contributed by atoms with Gasteiger partial charge in [0, 0.05) is 16.6 Å². The van der Waals surface area contributed by atoms with Gasteiger partial charge in [-0.2, -0.15) is 0 Å². The molecule has 9 heteroatoms. The summed E-state index contributed by atoms with van der Waals surface area (Å²) in [5.41, 5.74) is 1.29. The molecule has 4 rings (SSSR count). The molecule has 152 valence electrons. The molecule has 6 nitrogen and oxygen atoms in total. The largest absolute Gasteiger partial charge is 0.468 e. The minimum Gasteiger partial charge on any atom is -0.468 e. The molecule has 0 fully saturated rings. The van der Waals surface area contributed by atoms with E-state index in [1.54, 1.807) is 47.2 Å². The van der Waals surface area contributed by atoms with E-state index in [-0.39, 0.29) is 5.75 Å². The smallest absolute Gasteiger partial charge is 0.345 e. The van der Waals surface area contributed by atoms with Gasteiger partial charge >= 0.3 is 11.6 Å². The van der Waals surface area contributed by atoms with E-state index in [0.717, 1.165) is 5.39 Å². The molecule has 2 aromatic heterocycles. The highest BCUT2D eigenvalue weighted by atomic mass is 35.5. The first-order valence-corrected chi connectivity index (χ1v) is 10.5. The van der Waals surface area contributed by atoms with Crippen molar-refractivity contribution in [2.24, 2.45) is 0 Å². The molecule has 0 atom stereocenters. The van der Waals surface area contributed by atoms with Gasteiger partial charge in [-0.1, -0.05) is 53.2 Å². The summed E-state index contributed by atoms with van der Waals surface area (Å²) in [5.74, 6) is -0.353. The van der Waals surface area contributed by atoms with Crippen LogP contribution in [-0.4, -0.2) is 28.4 Å². The van der Waals surface area contributed by atoms with Crippen molar-refractivity contribution in [2.75, 3.05) is 12.9 Å². The van der Waals surface area contributed by atoms with Gasteiger partial charge in [0.05, 0.1) is 34.8 Å². The van der Waals surface area contributed by atoms with E-state index in [9.17, 15) is 9.59 Å². The van der Waals surface area contributed by atoms with Gasteiger partial charge in [0.1, 0.15) is 5.58 Å². The number of esters is 1. The number of rotatable bonds is 5. The molecule has 30 heavy (non-hydrogen) atoms. The average Bonchev–Trinajstić information content (AvgIpc) is 3.15. The lowest BCUT2D eigenvalue weighted by Crippen LogP contribution is -2.05. The first kappa shape index (κ1) is 20.5. The van der Waals surface area contributed by atoms with E-state index in [4.69, 9.17) is 32.4 Å². The lowest BCUT2D eigenvalue weighted by molar-refractivity contribution is -0.137.